The predicted octanol–water partition coefficient (Wildman–Crippen LogP) is 2.02. The molecule has 0 spiro atoms. The Morgan fingerprint density at radius 1 is 1.59 bits per heavy atom. The number of hydrogen-bond donors (Lipinski definition) is 2. The quantitative estimate of drug-likeness (QED) is 0.480. The van der Waals surface area contributed by atoms with Gasteiger partial charge in [-0.1, -0.05) is 5.16 Å². The number of anilines is 1. The van der Waals surface area contributed by atoms with Gasteiger partial charge in [-0.15, -0.1) is 11.3 Å². The average molecular weight is 254 g/mol. The molecular formula is C11H14N2O3S. The second kappa shape index (κ2) is 4.75. The van der Waals surface area contributed by atoms with Crippen molar-refractivity contribution in [3.05, 3.63) is 16.0 Å². The molecule has 92 valence electrons. The van der Waals surface area contributed by atoms with Crippen molar-refractivity contribution in [1.82, 2.24) is 0 Å². The van der Waals surface area contributed by atoms with Crippen LogP contribution in [0.2, 0.25) is 0 Å². The third kappa shape index (κ3) is 2.00. The molecule has 0 aromatic carbocycles. The summed E-state index contributed by atoms with van der Waals surface area (Å²) in [5.74, 6) is -0.387. The van der Waals surface area contributed by atoms with E-state index in [2.05, 4.69) is 5.16 Å². The molecule has 0 amide bonds. The summed E-state index contributed by atoms with van der Waals surface area (Å²) in [6.45, 7) is 2.08. The molecule has 0 saturated carbocycles. The number of nitrogens with zero attached hydrogens (tertiary/aromatic N) is 1. The van der Waals surface area contributed by atoms with Crippen LogP contribution in [0.4, 0.5) is 5.00 Å². The summed E-state index contributed by atoms with van der Waals surface area (Å²) in [5.41, 5.74) is 7.78. The fraction of sp³-hybridized carbons (Fsp3) is 0.455. The number of rotatable bonds is 2. The zero-order valence-electron chi connectivity index (χ0n) is 9.52. The minimum absolute atomic E-state index is 0.323. The zero-order chi connectivity index (χ0) is 12.4. The number of hydrogen-bond acceptors (Lipinski definition) is 6. The summed E-state index contributed by atoms with van der Waals surface area (Å²) in [7, 11) is 0. The lowest BCUT2D eigenvalue weighted by Crippen LogP contribution is -2.14. The number of nitrogens with two attached hydrogens (primary N) is 1. The van der Waals surface area contributed by atoms with E-state index in [4.69, 9.17) is 15.7 Å². The van der Waals surface area contributed by atoms with Crippen molar-refractivity contribution in [2.45, 2.75) is 26.2 Å². The monoisotopic (exact) mass is 254 g/mol. The maximum absolute atomic E-state index is 11.8. The maximum atomic E-state index is 11.8. The lowest BCUT2D eigenvalue weighted by molar-refractivity contribution is 0.0527. The number of esters is 1. The molecule has 17 heavy (non-hydrogen) atoms. The van der Waals surface area contributed by atoms with Gasteiger partial charge in [0.2, 0.25) is 0 Å². The van der Waals surface area contributed by atoms with Crippen molar-refractivity contribution >= 4 is 28.0 Å². The Morgan fingerprint density at radius 2 is 2.35 bits per heavy atom. The van der Waals surface area contributed by atoms with Gasteiger partial charge in [0.05, 0.1) is 22.8 Å². The molecule has 0 fully saturated rings. The van der Waals surface area contributed by atoms with E-state index in [0.29, 0.717) is 29.3 Å². The van der Waals surface area contributed by atoms with Gasteiger partial charge in [0, 0.05) is 0 Å². The first-order valence-corrected chi connectivity index (χ1v) is 6.30. The largest absolute Gasteiger partial charge is 0.462 e. The highest BCUT2D eigenvalue weighted by Crippen LogP contribution is 2.36. The van der Waals surface area contributed by atoms with Gasteiger partial charge in [0.25, 0.3) is 0 Å². The van der Waals surface area contributed by atoms with Crippen molar-refractivity contribution in [2.24, 2.45) is 5.16 Å². The van der Waals surface area contributed by atoms with E-state index >= 15 is 0 Å². The second-order valence-corrected chi connectivity index (χ2v) is 4.82. The van der Waals surface area contributed by atoms with Gasteiger partial charge < -0.3 is 15.7 Å². The molecule has 1 heterocycles. The van der Waals surface area contributed by atoms with Crippen molar-refractivity contribution in [3.8, 4) is 0 Å². The van der Waals surface area contributed by atoms with Crippen LogP contribution in [0.15, 0.2) is 5.16 Å². The third-order valence-electron chi connectivity index (χ3n) is 2.74. The van der Waals surface area contributed by atoms with Crippen LogP contribution in [0.1, 0.15) is 40.6 Å². The highest BCUT2D eigenvalue weighted by atomic mass is 32.1. The smallest absolute Gasteiger partial charge is 0.341 e. The highest BCUT2D eigenvalue weighted by Gasteiger charge is 2.28. The van der Waals surface area contributed by atoms with Crippen LogP contribution in [-0.4, -0.2) is 23.5 Å². The summed E-state index contributed by atoms with van der Waals surface area (Å²) >= 11 is 1.29. The summed E-state index contributed by atoms with van der Waals surface area (Å²) in [4.78, 5) is 12.6. The molecule has 0 bridgehead atoms. The Hall–Kier alpha value is -1.56. The van der Waals surface area contributed by atoms with Crippen LogP contribution in [0, 0.1) is 0 Å². The lowest BCUT2D eigenvalue weighted by Gasteiger charge is -2.13. The molecule has 0 atom stereocenters. The summed E-state index contributed by atoms with van der Waals surface area (Å²) in [6, 6.07) is 0. The zero-order valence-corrected chi connectivity index (χ0v) is 10.3. The molecule has 6 heteroatoms. The van der Waals surface area contributed by atoms with Crippen molar-refractivity contribution < 1.29 is 14.7 Å². The van der Waals surface area contributed by atoms with Gasteiger partial charge in [-0.25, -0.2) is 4.79 Å². The van der Waals surface area contributed by atoms with Crippen LogP contribution in [0.3, 0.4) is 0 Å². The highest BCUT2D eigenvalue weighted by molar-refractivity contribution is 7.18. The van der Waals surface area contributed by atoms with Crippen LogP contribution >= 0.6 is 11.3 Å². The van der Waals surface area contributed by atoms with Crippen LogP contribution in [0.5, 0.6) is 0 Å². The molecular weight excluding hydrogens is 240 g/mol. The maximum Gasteiger partial charge on any atom is 0.341 e. The Bertz CT molecular complexity index is 479. The molecule has 0 unspecified atom stereocenters. The molecule has 5 nitrogen and oxygen atoms in total. The van der Waals surface area contributed by atoms with E-state index in [1.54, 1.807) is 6.92 Å². The molecule has 1 aliphatic rings. The molecule has 3 N–H and O–H groups in total. The fourth-order valence-corrected chi connectivity index (χ4v) is 3.14. The minimum atomic E-state index is -0.387. The van der Waals surface area contributed by atoms with Gasteiger partial charge >= 0.3 is 5.97 Å². The van der Waals surface area contributed by atoms with Crippen molar-refractivity contribution in [1.29, 1.82) is 0 Å². The minimum Gasteiger partial charge on any atom is -0.462 e. The van der Waals surface area contributed by atoms with Crippen LogP contribution in [-0.2, 0) is 11.2 Å². The van der Waals surface area contributed by atoms with E-state index in [0.717, 1.165) is 23.3 Å². The second-order valence-electron chi connectivity index (χ2n) is 3.77. The third-order valence-corrected chi connectivity index (χ3v) is 3.85. The first-order chi connectivity index (χ1) is 8.19. The summed E-state index contributed by atoms with van der Waals surface area (Å²) in [5, 5.41) is 12.6. The first-order valence-electron chi connectivity index (χ1n) is 5.48. The Labute approximate surface area is 103 Å². The first kappa shape index (κ1) is 11.9. The van der Waals surface area contributed by atoms with E-state index in [-0.39, 0.29) is 5.97 Å². The van der Waals surface area contributed by atoms with Gasteiger partial charge in [-0.05, 0) is 31.7 Å². The van der Waals surface area contributed by atoms with E-state index in [1.165, 1.54) is 11.3 Å². The Kier molecular flexibility index (Phi) is 3.33. The summed E-state index contributed by atoms with van der Waals surface area (Å²) < 4.78 is 4.99. The Morgan fingerprint density at radius 3 is 3.00 bits per heavy atom. The number of oxime groups is 1. The normalized spacial score (nSPS) is 16.9. The number of nitrogen functional groups attached to an aromatic ring is 1. The van der Waals surface area contributed by atoms with Crippen molar-refractivity contribution in [3.63, 3.8) is 0 Å². The molecule has 1 aromatic heterocycles. The molecule has 0 aliphatic heterocycles. The predicted molar refractivity (Wildman–Crippen MR) is 65.9 cm³/mol. The van der Waals surface area contributed by atoms with Gasteiger partial charge in [0.1, 0.15) is 5.00 Å². The standard InChI is InChI=1S/C11H14N2O3S/c1-2-16-11(14)8-6-4-3-5-7(13-15)9(6)17-10(8)12/h15H,2-5,12H2,1H3. The molecule has 1 aliphatic carbocycles. The van der Waals surface area contributed by atoms with Crippen LogP contribution in [0.25, 0.3) is 0 Å². The number of carbonyl (C=O) groups is 1. The molecule has 2 rings (SSSR count). The average Bonchev–Trinajstić information content (AvgIpc) is 2.65. The Balaban J connectivity index is 2.48. The van der Waals surface area contributed by atoms with Crippen LogP contribution < -0.4 is 5.73 Å². The van der Waals surface area contributed by atoms with E-state index in [1.807, 2.05) is 0 Å². The molecule has 0 radical (unpaired) electrons. The number of thiophene rings is 1. The topological polar surface area (TPSA) is 84.9 Å². The number of carbonyl (C=O) groups excluding carboxylic acids is 1. The van der Waals surface area contributed by atoms with Gasteiger partial charge in [-0.3, -0.25) is 0 Å². The molecule has 0 saturated heterocycles. The van der Waals surface area contributed by atoms with Gasteiger partial charge in [0.15, 0.2) is 0 Å². The van der Waals surface area contributed by atoms with Gasteiger partial charge in [-0.2, -0.15) is 0 Å². The lowest BCUT2D eigenvalue weighted by atomic mass is 9.94. The summed E-state index contributed by atoms with van der Waals surface area (Å²) in [6.07, 6.45) is 2.34. The van der Waals surface area contributed by atoms with E-state index < -0.39 is 0 Å². The number of fused-ring (bicyclic) bond motifs is 1. The number of ether oxygens (including phenoxy) is 1. The molecule has 1 aromatic rings. The fourth-order valence-electron chi connectivity index (χ4n) is 2.03. The SMILES string of the molecule is CCOC(=O)c1c(N)sc2c1CCCC2=NO. The van der Waals surface area contributed by atoms with Crippen molar-refractivity contribution in [2.75, 3.05) is 12.3 Å². The van der Waals surface area contributed by atoms with E-state index in [9.17, 15) is 4.79 Å².